The van der Waals surface area contributed by atoms with Crippen LogP contribution in [0, 0.1) is 11.7 Å². The fourth-order valence-electron chi connectivity index (χ4n) is 1.61. The van der Waals surface area contributed by atoms with E-state index >= 15 is 0 Å². The number of nitrogens with one attached hydrogen (secondary N) is 2. The van der Waals surface area contributed by atoms with Gasteiger partial charge in [0.05, 0.1) is 11.6 Å². The molecule has 112 valence electrons. The molecule has 0 saturated heterocycles. The standard InChI is InChI=1S/C14H19Cl2FN2O/c1-8(2)6-19-14(20)7-18-9(3)10-4-13(17)12(16)5-11(10)15/h4-5,8-9,18H,6-7H2,1-3H3,(H,19,20). The number of rotatable bonds is 6. The van der Waals surface area contributed by atoms with Crippen molar-refractivity contribution >= 4 is 29.1 Å². The van der Waals surface area contributed by atoms with Gasteiger partial charge in [0.2, 0.25) is 5.91 Å². The van der Waals surface area contributed by atoms with Gasteiger partial charge in [-0.05, 0) is 30.5 Å². The Kier molecular flexibility index (Phi) is 6.72. The molecule has 2 N–H and O–H groups in total. The largest absolute Gasteiger partial charge is 0.355 e. The van der Waals surface area contributed by atoms with Gasteiger partial charge >= 0.3 is 0 Å². The minimum atomic E-state index is -0.524. The van der Waals surface area contributed by atoms with Crippen LogP contribution in [-0.4, -0.2) is 19.0 Å². The van der Waals surface area contributed by atoms with Crippen LogP contribution in [0.3, 0.4) is 0 Å². The molecule has 0 radical (unpaired) electrons. The summed E-state index contributed by atoms with van der Waals surface area (Å²) >= 11 is 11.7. The topological polar surface area (TPSA) is 41.1 Å². The Hall–Kier alpha value is -0.840. The molecule has 20 heavy (non-hydrogen) atoms. The molecule has 0 aliphatic carbocycles. The highest BCUT2D eigenvalue weighted by atomic mass is 35.5. The average Bonchev–Trinajstić information content (AvgIpc) is 2.37. The number of carbonyl (C=O) groups is 1. The molecule has 1 rings (SSSR count). The Bertz CT molecular complexity index is 480. The molecule has 0 aromatic heterocycles. The van der Waals surface area contributed by atoms with Crippen LogP contribution >= 0.6 is 23.2 Å². The first-order valence-corrected chi connectivity index (χ1v) is 7.21. The Morgan fingerprint density at radius 1 is 1.25 bits per heavy atom. The number of hydrogen-bond donors (Lipinski definition) is 2. The monoisotopic (exact) mass is 320 g/mol. The van der Waals surface area contributed by atoms with Gasteiger partial charge < -0.3 is 10.6 Å². The zero-order valence-corrected chi connectivity index (χ0v) is 13.3. The van der Waals surface area contributed by atoms with E-state index in [1.54, 1.807) is 0 Å². The average molecular weight is 321 g/mol. The zero-order chi connectivity index (χ0) is 15.3. The molecule has 0 aliphatic rings. The summed E-state index contributed by atoms with van der Waals surface area (Å²) < 4.78 is 13.4. The van der Waals surface area contributed by atoms with Crippen LogP contribution in [0.1, 0.15) is 32.4 Å². The van der Waals surface area contributed by atoms with Gasteiger partial charge in [-0.25, -0.2) is 4.39 Å². The van der Waals surface area contributed by atoms with Crippen LogP contribution in [0.4, 0.5) is 4.39 Å². The highest BCUT2D eigenvalue weighted by Gasteiger charge is 2.14. The normalized spacial score (nSPS) is 12.6. The van der Waals surface area contributed by atoms with Crippen LogP contribution in [0.25, 0.3) is 0 Å². The van der Waals surface area contributed by atoms with E-state index in [1.165, 1.54) is 12.1 Å². The Morgan fingerprint density at radius 2 is 1.90 bits per heavy atom. The summed E-state index contributed by atoms with van der Waals surface area (Å²) in [5.74, 6) is -0.226. The van der Waals surface area contributed by atoms with Gasteiger partial charge in [0, 0.05) is 17.6 Å². The molecular weight excluding hydrogens is 302 g/mol. The first kappa shape index (κ1) is 17.2. The van der Waals surface area contributed by atoms with Crippen LogP contribution in [0.15, 0.2) is 12.1 Å². The third kappa shape index (κ3) is 5.27. The summed E-state index contributed by atoms with van der Waals surface area (Å²) in [6, 6.07) is 2.40. The number of carbonyl (C=O) groups excluding carboxylic acids is 1. The molecule has 1 aromatic rings. The minimum absolute atomic E-state index is 0.0133. The quantitative estimate of drug-likeness (QED) is 0.787. The molecule has 0 saturated carbocycles. The third-order valence-corrected chi connectivity index (χ3v) is 3.40. The molecule has 0 bridgehead atoms. The van der Waals surface area contributed by atoms with Gasteiger partial charge in [-0.1, -0.05) is 37.0 Å². The van der Waals surface area contributed by atoms with Gasteiger partial charge in [-0.2, -0.15) is 0 Å². The predicted octanol–water partition coefficient (Wildman–Crippen LogP) is 3.56. The number of amides is 1. The highest BCUT2D eigenvalue weighted by molar-refractivity contribution is 6.35. The van der Waals surface area contributed by atoms with E-state index in [0.717, 1.165) is 0 Å². The van der Waals surface area contributed by atoms with Crippen molar-refractivity contribution in [3.8, 4) is 0 Å². The van der Waals surface area contributed by atoms with Gasteiger partial charge in [-0.15, -0.1) is 0 Å². The van der Waals surface area contributed by atoms with Crippen LogP contribution in [0.2, 0.25) is 10.0 Å². The van der Waals surface area contributed by atoms with Crippen molar-refractivity contribution < 1.29 is 9.18 Å². The second-order valence-electron chi connectivity index (χ2n) is 5.09. The van der Waals surface area contributed by atoms with E-state index in [-0.39, 0.29) is 23.5 Å². The summed E-state index contributed by atoms with van der Waals surface area (Å²) in [6.45, 7) is 6.63. The second kappa shape index (κ2) is 7.81. The minimum Gasteiger partial charge on any atom is -0.355 e. The van der Waals surface area contributed by atoms with Crippen molar-refractivity contribution in [2.45, 2.75) is 26.8 Å². The number of hydrogen-bond acceptors (Lipinski definition) is 2. The highest BCUT2D eigenvalue weighted by Crippen LogP contribution is 2.28. The van der Waals surface area contributed by atoms with E-state index < -0.39 is 5.82 Å². The molecule has 1 amide bonds. The van der Waals surface area contributed by atoms with E-state index in [4.69, 9.17) is 23.2 Å². The molecular formula is C14H19Cl2FN2O. The van der Waals surface area contributed by atoms with E-state index in [9.17, 15) is 9.18 Å². The molecule has 0 spiro atoms. The molecule has 1 aromatic carbocycles. The van der Waals surface area contributed by atoms with Crippen LogP contribution < -0.4 is 10.6 Å². The lowest BCUT2D eigenvalue weighted by atomic mass is 10.1. The molecule has 1 atom stereocenters. The summed E-state index contributed by atoms with van der Waals surface area (Å²) in [5, 5.41) is 6.16. The number of benzene rings is 1. The van der Waals surface area contributed by atoms with Crippen LogP contribution in [-0.2, 0) is 4.79 Å². The van der Waals surface area contributed by atoms with Crippen molar-refractivity contribution in [3.05, 3.63) is 33.6 Å². The number of halogens is 3. The van der Waals surface area contributed by atoms with Crippen molar-refractivity contribution in [2.24, 2.45) is 5.92 Å². The Balaban J connectivity index is 2.57. The smallest absolute Gasteiger partial charge is 0.233 e. The second-order valence-corrected chi connectivity index (χ2v) is 5.90. The fraction of sp³-hybridized carbons (Fsp3) is 0.500. The van der Waals surface area contributed by atoms with E-state index in [1.807, 2.05) is 20.8 Å². The molecule has 6 heteroatoms. The summed E-state index contributed by atoms with van der Waals surface area (Å²) in [6.07, 6.45) is 0. The van der Waals surface area contributed by atoms with Crippen molar-refractivity contribution in [3.63, 3.8) is 0 Å². The van der Waals surface area contributed by atoms with Gasteiger partial charge in [0.1, 0.15) is 5.82 Å². The molecule has 1 unspecified atom stereocenters. The van der Waals surface area contributed by atoms with Crippen LogP contribution in [0.5, 0.6) is 0 Å². The maximum atomic E-state index is 13.4. The van der Waals surface area contributed by atoms with Crippen molar-refractivity contribution in [1.82, 2.24) is 10.6 Å². The molecule has 0 fully saturated rings. The first-order chi connectivity index (χ1) is 9.31. The maximum absolute atomic E-state index is 13.4. The molecule has 0 heterocycles. The first-order valence-electron chi connectivity index (χ1n) is 6.45. The predicted molar refractivity (Wildman–Crippen MR) is 80.7 cm³/mol. The Labute approximate surface area is 128 Å². The fourth-order valence-corrected chi connectivity index (χ4v) is 2.15. The van der Waals surface area contributed by atoms with E-state index in [0.29, 0.717) is 23.0 Å². The summed E-state index contributed by atoms with van der Waals surface area (Å²) in [4.78, 5) is 11.6. The SMILES string of the molecule is CC(C)CNC(=O)CNC(C)c1cc(F)c(Cl)cc1Cl. The van der Waals surface area contributed by atoms with E-state index in [2.05, 4.69) is 10.6 Å². The van der Waals surface area contributed by atoms with Gasteiger partial charge in [0.25, 0.3) is 0 Å². The lowest BCUT2D eigenvalue weighted by Gasteiger charge is -2.16. The molecule has 0 aliphatic heterocycles. The third-order valence-electron chi connectivity index (χ3n) is 2.78. The lowest BCUT2D eigenvalue weighted by molar-refractivity contribution is -0.120. The Morgan fingerprint density at radius 3 is 2.50 bits per heavy atom. The van der Waals surface area contributed by atoms with Crippen molar-refractivity contribution in [1.29, 1.82) is 0 Å². The summed E-state index contributed by atoms with van der Waals surface area (Å²) in [5.41, 5.74) is 0.574. The van der Waals surface area contributed by atoms with Gasteiger partial charge in [0.15, 0.2) is 0 Å². The maximum Gasteiger partial charge on any atom is 0.233 e. The lowest BCUT2D eigenvalue weighted by Crippen LogP contribution is -2.36. The molecule has 3 nitrogen and oxygen atoms in total. The summed E-state index contributed by atoms with van der Waals surface area (Å²) in [7, 11) is 0. The van der Waals surface area contributed by atoms with Gasteiger partial charge in [-0.3, -0.25) is 4.79 Å². The van der Waals surface area contributed by atoms with Crippen molar-refractivity contribution in [2.75, 3.05) is 13.1 Å². The zero-order valence-electron chi connectivity index (χ0n) is 11.8.